The first kappa shape index (κ1) is 17.5. The molecule has 0 spiro atoms. The first-order valence-corrected chi connectivity index (χ1v) is 7.33. The van der Waals surface area contributed by atoms with Crippen molar-refractivity contribution in [2.45, 2.75) is 13.8 Å². The van der Waals surface area contributed by atoms with Crippen molar-refractivity contribution in [1.82, 2.24) is 0 Å². The van der Waals surface area contributed by atoms with Crippen molar-refractivity contribution >= 4 is 11.9 Å². The predicted molar refractivity (Wildman–Crippen MR) is 90.4 cm³/mol. The summed E-state index contributed by atoms with van der Waals surface area (Å²) < 4.78 is 24.2. The number of rotatable bonds is 5. The Balaban J connectivity index is 2.52. The maximum Gasteiger partial charge on any atom is 0.193 e. The van der Waals surface area contributed by atoms with Crippen LogP contribution in [0.4, 0.5) is 4.39 Å². The van der Waals surface area contributed by atoms with Crippen LogP contribution in [0.25, 0.3) is 6.08 Å². The number of phenols is 1. The Morgan fingerprint density at radius 1 is 1.08 bits per heavy atom. The number of carbonyl (C=O) groups is 1. The number of allylic oxidation sites excluding steroid dienone is 1. The van der Waals surface area contributed by atoms with Gasteiger partial charge in [-0.2, -0.15) is 0 Å². The van der Waals surface area contributed by atoms with Crippen molar-refractivity contribution in [2.24, 2.45) is 0 Å². The molecule has 126 valence electrons. The average Bonchev–Trinajstić information content (AvgIpc) is 2.57. The molecule has 2 aromatic rings. The van der Waals surface area contributed by atoms with E-state index < -0.39 is 11.6 Å². The molecular weight excluding hydrogens is 311 g/mol. The molecule has 1 N–H and O–H groups in total. The molecule has 0 amide bonds. The molecule has 4 nitrogen and oxygen atoms in total. The van der Waals surface area contributed by atoms with E-state index >= 15 is 0 Å². The van der Waals surface area contributed by atoms with Gasteiger partial charge in [0.25, 0.3) is 0 Å². The number of carbonyl (C=O) groups excluding carboxylic acids is 1. The van der Waals surface area contributed by atoms with Crippen LogP contribution < -0.4 is 9.47 Å². The molecule has 0 aromatic heterocycles. The topological polar surface area (TPSA) is 55.8 Å². The van der Waals surface area contributed by atoms with Gasteiger partial charge in [-0.15, -0.1) is 0 Å². The van der Waals surface area contributed by atoms with Crippen LogP contribution in [0.3, 0.4) is 0 Å². The lowest BCUT2D eigenvalue weighted by atomic mass is 9.98. The normalized spacial score (nSPS) is 10.9. The highest BCUT2D eigenvalue weighted by Gasteiger charge is 2.24. The van der Waals surface area contributed by atoms with Gasteiger partial charge in [-0.05, 0) is 32.1 Å². The molecule has 0 radical (unpaired) electrons. The molecule has 0 aliphatic heterocycles. The first-order chi connectivity index (χ1) is 11.4. The molecule has 0 bridgehead atoms. The van der Waals surface area contributed by atoms with E-state index in [1.54, 1.807) is 32.0 Å². The summed E-state index contributed by atoms with van der Waals surface area (Å²) in [4.78, 5) is 12.5. The van der Waals surface area contributed by atoms with Gasteiger partial charge < -0.3 is 14.6 Å². The van der Waals surface area contributed by atoms with Crippen molar-refractivity contribution in [3.8, 4) is 17.2 Å². The monoisotopic (exact) mass is 330 g/mol. The molecule has 0 heterocycles. The number of benzene rings is 2. The molecule has 0 aliphatic rings. The minimum Gasteiger partial charge on any atom is -0.507 e. The van der Waals surface area contributed by atoms with Crippen LogP contribution in [0.2, 0.25) is 0 Å². The highest BCUT2D eigenvalue weighted by atomic mass is 19.1. The predicted octanol–water partition coefficient (Wildman–Crippen LogP) is 4.06. The van der Waals surface area contributed by atoms with Crippen LogP contribution >= 0.6 is 0 Å². The average molecular weight is 330 g/mol. The minimum absolute atomic E-state index is 0.0286. The zero-order valence-corrected chi connectivity index (χ0v) is 14.0. The molecule has 0 saturated heterocycles. The second-order valence-corrected chi connectivity index (χ2v) is 5.26. The quantitative estimate of drug-likeness (QED) is 0.663. The molecule has 2 aromatic carbocycles. The van der Waals surface area contributed by atoms with Crippen LogP contribution in [0.15, 0.2) is 30.3 Å². The Hall–Kier alpha value is -2.82. The third-order valence-corrected chi connectivity index (χ3v) is 3.81. The molecule has 0 aliphatic carbocycles. The van der Waals surface area contributed by atoms with Gasteiger partial charge in [0.1, 0.15) is 28.6 Å². The Bertz CT molecular complexity index is 809. The Morgan fingerprint density at radius 2 is 1.71 bits per heavy atom. The van der Waals surface area contributed by atoms with E-state index in [9.17, 15) is 14.3 Å². The van der Waals surface area contributed by atoms with E-state index in [0.717, 1.165) is 0 Å². The maximum absolute atomic E-state index is 13.6. The Morgan fingerprint density at radius 3 is 2.29 bits per heavy atom. The SMILES string of the molecule is COc1c(C)c(O)c(C(=O)/C=C/c2ccccc2F)c(OC)c1C. The van der Waals surface area contributed by atoms with Gasteiger partial charge in [0.15, 0.2) is 5.78 Å². The van der Waals surface area contributed by atoms with Crippen LogP contribution in [0.5, 0.6) is 17.2 Å². The Kier molecular flexibility index (Phi) is 5.24. The summed E-state index contributed by atoms with van der Waals surface area (Å²) >= 11 is 0. The molecule has 0 unspecified atom stereocenters. The first-order valence-electron chi connectivity index (χ1n) is 7.33. The summed E-state index contributed by atoms with van der Waals surface area (Å²) in [5.74, 6) is -0.434. The maximum atomic E-state index is 13.6. The van der Waals surface area contributed by atoms with Crippen LogP contribution in [0.1, 0.15) is 27.0 Å². The number of ether oxygens (including phenoxy) is 2. The summed E-state index contributed by atoms with van der Waals surface area (Å²) in [7, 11) is 2.89. The van der Waals surface area contributed by atoms with Crippen molar-refractivity contribution in [1.29, 1.82) is 0 Å². The molecule has 5 heteroatoms. The standard InChI is InChI=1S/C19H19FO4/c1-11-17(22)16(19(24-4)12(2)18(11)23-3)15(21)10-9-13-7-5-6-8-14(13)20/h5-10,22H,1-4H3/b10-9+. The summed E-state index contributed by atoms with van der Waals surface area (Å²) in [6.45, 7) is 3.39. The van der Waals surface area contributed by atoms with Gasteiger partial charge in [0.2, 0.25) is 0 Å². The van der Waals surface area contributed by atoms with Gasteiger partial charge in [-0.25, -0.2) is 4.39 Å². The lowest BCUT2D eigenvalue weighted by Crippen LogP contribution is -2.05. The van der Waals surface area contributed by atoms with E-state index in [1.165, 1.54) is 32.4 Å². The molecule has 0 atom stereocenters. The van der Waals surface area contributed by atoms with Gasteiger partial charge >= 0.3 is 0 Å². The number of ketones is 1. The number of methoxy groups -OCH3 is 2. The van der Waals surface area contributed by atoms with E-state index in [-0.39, 0.29) is 22.6 Å². The summed E-state index contributed by atoms with van der Waals surface area (Å²) in [5.41, 5.74) is 1.36. The second-order valence-electron chi connectivity index (χ2n) is 5.26. The van der Waals surface area contributed by atoms with Crippen LogP contribution in [-0.4, -0.2) is 25.1 Å². The van der Waals surface area contributed by atoms with Crippen molar-refractivity contribution in [3.05, 3.63) is 58.4 Å². The molecule has 24 heavy (non-hydrogen) atoms. The number of halogens is 1. The lowest BCUT2D eigenvalue weighted by molar-refractivity contribution is 0.104. The third-order valence-electron chi connectivity index (χ3n) is 3.81. The van der Waals surface area contributed by atoms with Gasteiger partial charge in [0.05, 0.1) is 14.2 Å². The smallest absolute Gasteiger partial charge is 0.193 e. The fourth-order valence-electron chi connectivity index (χ4n) is 2.62. The fourth-order valence-corrected chi connectivity index (χ4v) is 2.62. The van der Waals surface area contributed by atoms with E-state index in [0.29, 0.717) is 16.9 Å². The molecule has 0 fully saturated rings. The fraction of sp³-hybridized carbons (Fsp3) is 0.211. The van der Waals surface area contributed by atoms with E-state index in [2.05, 4.69) is 0 Å². The third kappa shape index (κ3) is 3.11. The summed E-state index contributed by atoms with van der Waals surface area (Å²) in [6.07, 6.45) is 2.58. The van der Waals surface area contributed by atoms with Crippen LogP contribution in [0, 0.1) is 19.7 Å². The number of aromatic hydroxyl groups is 1. The Labute approximate surface area is 140 Å². The van der Waals surface area contributed by atoms with Gasteiger partial charge in [0, 0.05) is 16.7 Å². The van der Waals surface area contributed by atoms with Crippen LogP contribution in [-0.2, 0) is 0 Å². The second kappa shape index (κ2) is 7.17. The van der Waals surface area contributed by atoms with Gasteiger partial charge in [-0.3, -0.25) is 4.79 Å². The number of hydrogen-bond acceptors (Lipinski definition) is 4. The zero-order valence-electron chi connectivity index (χ0n) is 14.0. The molecule has 0 saturated carbocycles. The van der Waals surface area contributed by atoms with Crippen molar-refractivity contribution < 1.29 is 23.8 Å². The van der Waals surface area contributed by atoms with Crippen molar-refractivity contribution in [2.75, 3.05) is 14.2 Å². The molecule has 2 rings (SSSR count). The lowest BCUT2D eigenvalue weighted by Gasteiger charge is -2.17. The molecular formula is C19H19FO4. The summed E-state index contributed by atoms with van der Waals surface area (Å²) in [6, 6.07) is 6.11. The zero-order chi connectivity index (χ0) is 17.9. The van der Waals surface area contributed by atoms with Crippen molar-refractivity contribution in [3.63, 3.8) is 0 Å². The highest BCUT2D eigenvalue weighted by molar-refractivity contribution is 6.11. The van der Waals surface area contributed by atoms with E-state index in [1.807, 2.05) is 0 Å². The highest BCUT2D eigenvalue weighted by Crippen LogP contribution is 2.42. The summed E-state index contributed by atoms with van der Waals surface area (Å²) in [5, 5.41) is 10.4. The number of phenolic OH excluding ortho intramolecular Hbond substituents is 1. The van der Waals surface area contributed by atoms with Gasteiger partial charge in [-0.1, -0.05) is 18.2 Å². The minimum atomic E-state index is -0.485. The van der Waals surface area contributed by atoms with E-state index in [4.69, 9.17) is 9.47 Å². The largest absolute Gasteiger partial charge is 0.507 e. The number of hydrogen-bond donors (Lipinski definition) is 1.